The lowest BCUT2D eigenvalue weighted by Gasteiger charge is -2.11. The van der Waals surface area contributed by atoms with E-state index in [9.17, 15) is 0 Å². The molecule has 1 rings (SSSR count). The molecule has 0 aliphatic carbocycles. The minimum Gasteiger partial charge on any atom is -0.370 e. The Bertz CT molecular complexity index is 304. The number of rotatable bonds is 2. The molecule has 1 atom stereocenters. The van der Waals surface area contributed by atoms with E-state index in [0.29, 0.717) is 5.96 Å². The number of guanidine groups is 1. The lowest BCUT2D eigenvalue weighted by atomic mass is 10.3. The second-order valence-electron chi connectivity index (χ2n) is 2.92. The summed E-state index contributed by atoms with van der Waals surface area (Å²) >= 11 is 1.78. The molecule has 3 nitrogen and oxygen atoms in total. The molecular weight excluding hydrogens is 182 g/mol. The van der Waals surface area contributed by atoms with Gasteiger partial charge in [-0.1, -0.05) is 0 Å². The number of hydrogen-bond acceptors (Lipinski definition) is 2. The standard InChI is InChI=1S/C9H15N3S/c1-6-4-5-8(13-6)7(2)12-9(10)11-3/h4-5,7H,1-3H3,(H3,10,11,12). The normalized spacial score (nSPS) is 14.2. The third-order valence-electron chi connectivity index (χ3n) is 1.79. The molecule has 13 heavy (non-hydrogen) atoms. The zero-order valence-electron chi connectivity index (χ0n) is 8.16. The third kappa shape index (κ3) is 2.73. The maximum absolute atomic E-state index is 5.56. The Balaban J connectivity index is 2.63. The second kappa shape index (κ2) is 4.28. The Kier molecular flexibility index (Phi) is 3.31. The summed E-state index contributed by atoms with van der Waals surface area (Å²) in [5, 5.41) is 3.10. The van der Waals surface area contributed by atoms with Gasteiger partial charge in [-0.2, -0.15) is 0 Å². The van der Waals surface area contributed by atoms with Gasteiger partial charge in [0, 0.05) is 16.8 Å². The lowest BCUT2D eigenvalue weighted by Crippen LogP contribution is -2.33. The summed E-state index contributed by atoms with van der Waals surface area (Å²) in [5.74, 6) is 0.485. The Labute approximate surface area is 82.7 Å². The summed E-state index contributed by atoms with van der Waals surface area (Å²) < 4.78 is 0. The van der Waals surface area contributed by atoms with Crippen LogP contribution in [0.5, 0.6) is 0 Å². The van der Waals surface area contributed by atoms with Crippen molar-refractivity contribution in [3.63, 3.8) is 0 Å². The van der Waals surface area contributed by atoms with E-state index in [0.717, 1.165) is 0 Å². The highest BCUT2D eigenvalue weighted by Crippen LogP contribution is 2.21. The summed E-state index contributed by atoms with van der Waals surface area (Å²) in [5.41, 5.74) is 5.56. The summed E-state index contributed by atoms with van der Waals surface area (Å²) in [7, 11) is 1.68. The zero-order chi connectivity index (χ0) is 9.84. The van der Waals surface area contributed by atoms with E-state index in [1.165, 1.54) is 9.75 Å². The highest BCUT2D eigenvalue weighted by molar-refractivity contribution is 7.12. The Morgan fingerprint density at radius 3 is 2.77 bits per heavy atom. The van der Waals surface area contributed by atoms with Gasteiger partial charge in [0.15, 0.2) is 5.96 Å². The van der Waals surface area contributed by atoms with Crippen molar-refractivity contribution in [1.82, 2.24) is 5.32 Å². The number of aryl methyl sites for hydroxylation is 1. The van der Waals surface area contributed by atoms with Crippen molar-refractivity contribution in [2.75, 3.05) is 7.05 Å². The highest BCUT2D eigenvalue weighted by atomic mass is 32.1. The lowest BCUT2D eigenvalue weighted by molar-refractivity contribution is 0.725. The van der Waals surface area contributed by atoms with Crippen LogP contribution < -0.4 is 11.1 Å². The SMILES string of the molecule is CN=C(N)NC(C)c1ccc(C)s1. The van der Waals surface area contributed by atoms with Gasteiger partial charge in [-0.3, -0.25) is 4.99 Å². The van der Waals surface area contributed by atoms with E-state index in [1.54, 1.807) is 18.4 Å². The van der Waals surface area contributed by atoms with Crippen LogP contribution in [0.4, 0.5) is 0 Å². The van der Waals surface area contributed by atoms with Crippen molar-refractivity contribution in [2.24, 2.45) is 10.7 Å². The smallest absolute Gasteiger partial charge is 0.188 e. The molecule has 0 saturated carbocycles. The summed E-state index contributed by atoms with van der Waals surface area (Å²) in [6.45, 7) is 4.17. The monoisotopic (exact) mass is 197 g/mol. The number of nitrogens with zero attached hydrogens (tertiary/aromatic N) is 1. The van der Waals surface area contributed by atoms with Crippen LogP contribution in [0.25, 0.3) is 0 Å². The maximum Gasteiger partial charge on any atom is 0.188 e. The van der Waals surface area contributed by atoms with Crippen LogP contribution in [-0.2, 0) is 0 Å². The fourth-order valence-electron chi connectivity index (χ4n) is 1.04. The summed E-state index contributed by atoms with van der Waals surface area (Å²) in [4.78, 5) is 6.45. The molecule has 0 amide bonds. The fraction of sp³-hybridized carbons (Fsp3) is 0.444. The Morgan fingerprint density at radius 2 is 2.31 bits per heavy atom. The maximum atomic E-state index is 5.56. The van der Waals surface area contributed by atoms with E-state index < -0.39 is 0 Å². The van der Waals surface area contributed by atoms with Crippen molar-refractivity contribution in [2.45, 2.75) is 19.9 Å². The zero-order valence-corrected chi connectivity index (χ0v) is 8.98. The number of hydrogen-bond donors (Lipinski definition) is 2. The molecule has 0 saturated heterocycles. The first kappa shape index (κ1) is 10.1. The third-order valence-corrected chi connectivity index (χ3v) is 2.98. The van der Waals surface area contributed by atoms with Gasteiger partial charge in [-0.05, 0) is 26.0 Å². The van der Waals surface area contributed by atoms with Crippen LogP contribution in [0.3, 0.4) is 0 Å². The highest BCUT2D eigenvalue weighted by Gasteiger charge is 2.07. The number of thiophene rings is 1. The van der Waals surface area contributed by atoms with E-state index in [-0.39, 0.29) is 6.04 Å². The molecule has 0 spiro atoms. The quantitative estimate of drug-likeness (QED) is 0.559. The van der Waals surface area contributed by atoms with Crippen molar-refractivity contribution < 1.29 is 0 Å². The molecule has 72 valence electrons. The Morgan fingerprint density at radius 1 is 1.62 bits per heavy atom. The van der Waals surface area contributed by atoms with Crippen LogP contribution >= 0.6 is 11.3 Å². The first-order chi connectivity index (χ1) is 6.13. The second-order valence-corrected chi connectivity index (χ2v) is 4.24. The molecule has 0 aliphatic heterocycles. The van der Waals surface area contributed by atoms with Crippen molar-refractivity contribution in [3.05, 3.63) is 21.9 Å². The van der Waals surface area contributed by atoms with Crippen LogP contribution in [0, 0.1) is 6.92 Å². The summed E-state index contributed by atoms with van der Waals surface area (Å²) in [6.07, 6.45) is 0. The predicted octanol–water partition coefficient (Wildman–Crippen LogP) is 1.65. The average Bonchev–Trinajstić information content (AvgIpc) is 2.51. The van der Waals surface area contributed by atoms with E-state index in [1.807, 2.05) is 0 Å². The Hall–Kier alpha value is -1.03. The van der Waals surface area contributed by atoms with Gasteiger partial charge in [0.1, 0.15) is 0 Å². The van der Waals surface area contributed by atoms with Gasteiger partial charge in [0.2, 0.25) is 0 Å². The van der Waals surface area contributed by atoms with Crippen LogP contribution in [0.15, 0.2) is 17.1 Å². The minimum absolute atomic E-state index is 0.238. The number of nitrogens with two attached hydrogens (primary N) is 1. The molecule has 3 N–H and O–H groups in total. The van der Waals surface area contributed by atoms with E-state index in [4.69, 9.17) is 5.73 Å². The summed E-state index contributed by atoms with van der Waals surface area (Å²) in [6, 6.07) is 4.46. The molecule has 1 aromatic heterocycles. The molecule has 0 aliphatic rings. The van der Waals surface area contributed by atoms with E-state index in [2.05, 4.69) is 36.3 Å². The van der Waals surface area contributed by atoms with Crippen molar-refractivity contribution in [3.8, 4) is 0 Å². The van der Waals surface area contributed by atoms with Gasteiger partial charge in [-0.15, -0.1) is 11.3 Å². The average molecular weight is 197 g/mol. The first-order valence-electron chi connectivity index (χ1n) is 4.18. The van der Waals surface area contributed by atoms with Crippen LogP contribution in [0.1, 0.15) is 22.7 Å². The van der Waals surface area contributed by atoms with Crippen LogP contribution in [-0.4, -0.2) is 13.0 Å². The number of aliphatic imine (C=N–C) groups is 1. The number of nitrogens with one attached hydrogen (secondary N) is 1. The van der Waals surface area contributed by atoms with Gasteiger partial charge >= 0.3 is 0 Å². The molecule has 0 bridgehead atoms. The molecule has 0 fully saturated rings. The van der Waals surface area contributed by atoms with Crippen molar-refractivity contribution in [1.29, 1.82) is 0 Å². The molecule has 0 aromatic carbocycles. The van der Waals surface area contributed by atoms with E-state index >= 15 is 0 Å². The minimum atomic E-state index is 0.238. The van der Waals surface area contributed by atoms with Crippen LogP contribution in [0.2, 0.25) is 0 Å². The molecule has 1 unspecified atom stereocenters. The largest absolute Gasteiger partial charge is 0.370 e. The topological polar surface area (TPSA) is 50.4 Å². The molecule has 1 aromatic rings. The predicted molar refractivity (Wildman–Crippen MR) is 58.2 cm³/mol. The van der Waals surface area contributed by atoms with Crippen molar-refractivity contribution >= 4 is 17.3 Å². The molecule has 1 heterocycles. The molecular formula is C9H15N3S. The van der Waals surface area contributed by atoms with Gasteiger partial charge in [-0.25, -0.2) is 0 Å². The van der Waals surface area contributed by atoms with Gasteiger partial charge < -0.3 is 11.1 Å². The van der Waals surface area contributed by atoms with Gasteiger partial charge in [0.25, 0.3) is 0 Å². The first-order valence-corrected chi connectivity index (χ1v) is 5.00. The molecule has 0 radical (unpaired) electrons. The fourth-order valence-corrected chi connectivity index (χ4v) is 1.92. The van der Waals surface area contributed by atoms with Gasteiger partial charge in [0.05, 0.1) is 6.04 Å². The molecule has 4 heteroatoms.